The van der Waals surface area contributed by atoms with Crippen LogP contribution in [0.2, 0.25) is 0 Å². The lowest BCUT2D eigenvalue weighted by molar-refractivity contribution is -0.149. The van der Waals surface area contributed by atoms with Gasteiger partial charge in [-0.2, -0.15) is 0 Å². The predicted molar refractivity (Wildman–Crippen MR) is 100 cm³/mol. The predicted octanol–water partition coefficient (Wildman–Crippen LogP) is 3.92. The third kappa shape index (κ3) is 4.54. The summed E-state index contributed by atoms with van der Waals surface area (Å²) in [4.78, 5) is 27.0. The van der Waals surface area contributed by atoms with Crippen molar-refractivity contribution in [2.24, 2.45) is 5.92 Å². The summed E-state index contributed by atoms with van der Waals surface area (Å²) in [5, 5.41) is 0. The monoisotopic (exact) mass is 375 g/mol. The lowest BCUT2D eigenvalue weighted by atomic mass is 9.85. The van der Waals surface area contributed by atoms with E-state index in [1.807, 2.05) is 31.2 Å². The van der Waals surface area contributed by atoms with Gasteiger partial charge in [-0.25, -0.2) is 9.59 Å². The summed E-state index contributed by atoms with van der Waals surface area (Å²) in [5.74, 6) is 0.826. The van der Waals surface area contributed by atoms with Crippen molar-refractivity contribution in [2.45, 2.75) is 64.1 Å². The van der Waals surface area contributed by atoms with Gasteiger partial charge < -0.3 is 14.2 Å². The number of carbonyl (C=O) groups excluding carboxylic acids is 2. The number of ether oxygens (including phenoxy) is 3. The maximum absolute atomic E-state index is 12.9. The number of hydrogen-bond acceptors (Lipinski definition) is 5. The van der Waals surface area contributed by atoms with Crippen molar-refractivity contribution in [1.82, 2.24) is 4.90 Å². The first-order valence-corrected chi connectivity index (χ1v) is 9.88. The van der Waals surface area contributed by atoms with E-state index in [1.165, 1.54) is 0 Å². The molecule has 0 spiro atoms. The average molecular weight is 375 g/mol. The number of nitrogens with zero attached hydrogens (tertiary/aromatic N) is 1. The molecule has 1 aromatic carbocycles. The van der Waals surface area contributed by atoms with E-state index in [4.69, 9.17) is 14.2 Å². The highest BCUT2D eigenvalue weighted by atomic mass is 16.6. The fourth-order valence-corrected chi connectivity index (χ4v) is 4.17. The standard InChI is InChI=1S/C21H29NO5/c1-3-12-26-20(23)19-13-16-6-4-5-7-18(16)22(19)21(24)27-14-15-8-10-17(25-2)11-9-15/h8-11,16,18-19H,3-7,12-14H2,1-2H3. The Morgan fingerprint density at radius 2 is 1.85 bits per heavy atom. The van der Waals surface area contributed by atoms with Gasteiger partial charge in [-0.1, -0.05) is 31.9 Å². The molecule has 0 aromatic heterocycles. The van der Waals surface area contributed by atoms with Crippen molar-refractivity contribution >= 4 is 12.1 Å². The zero-order valence-electron chi connectivity index (χ0n) is 16.2. The molecule has 2 fully saturated rings. The molecular formula is C21H29NO5. The molecule has 0 radical (unpaired) electrons. The van der Waals surface area contributed by atoms with Crippen LogP contribution >= 0.6 is 0 Å². The molecule has 1 saturated carbocycles. The Bertz CT molecular complexity index is 644. The van der Waals surface area contributed by atoms with E-state index >= 15 is 0 Å². The SMILES string of the molecule is CCCOC(=O)C1CC2CCCCC2N1C(=O)OCc1ccc(OC)cc1. The van der Waals surface area contributed by atoms with Crippen molar-refractivity contribution in [1.29, 1.82) is 0 Å². The van der Waals surface area contributed by atoms with E-state index in [0.717, 1.165) is 43.4 Å². The van der Waals surface area contributed by atoms with Crippen molar-refractivity contribution < 1.29 is 23.8 Å². The van der Waals surface area contributed by atoms with Gasteiger partial charge in [0.05, 0.1) is 13.7 Å². The van der Waals surface area contributed by atoms with E-state index in [9.17, 15) is 9.59 Å². The molecule has 1 aromatic rings. The summed E-state index contributed by atoms with van der Waals surface area (Å²) in [6, 6.07) is 6.97. The van der Waals surface area contributed by atoms with Gasteiger partial charge in [0.25, 0.3) is 0 Å². The Morgan fingerprint density at radius 3 is 2.56 bits per heavy atom. The molecule has 6 heteroatoms. The summed E-state index contributed by atoms with van der Waals surface area (Å²) >= 11 is 0. The fourth-order valence-electron chi connectivity index (χ4n) is 4.17. The number of benzene rings is 1. The number of likely N-dealkylation sites (tertiary alicyclic amines) is 1. The Labute approximate surface area is 160 Å². The van der Waals surface area contributed by atoms with Crippen molar-refractivity contribution in [3.63, 3.8) is 0 Å². The molecule has 0 bridgehead atoms. The molecule has 3 rings (SSSR count). The van der Waals surface area contributed by atoms with Crippen molar-refractivity contribution in [3.8, 4) is 5.75 Å². The number of rotatable bonds is 6. The number of esters is 1. The van der Waals surface area contributed by atoms with E-state index < -0.39 is 12.1 Å². The highest BCUT2D eigenvalue weighted by Crippen LogP contribution is 2.40. The maximum Gasteiger partial charge on any atom is 0.411 e. The molecule has 2 aliphatic rings. The third-order valence-electron chi connectivity index (χ3n) is 5.54. The molecule has 6 nitrogen and oxygen atoms in total. The molecule has 1 amide bonds. The first-order valence-electron chi connectivity index (χ1n) is 9.88. The van der Waals surface area contributed by atoms with Gasteiger partial charge in [-0.15, -0.1) is 0 Å². The average Bonchev–Trinajstić information content (AvgIpc) is 3.10. The second kappa shape index (κ2) is 9.11. The number of fused-ring (bicyclic) bond motifs is 1. The summed E-state index contributed by atoms with van der Waals surface area (Å²) in [6.07, 6.45) is 5.27. The Hall–Kier alpha value is -2.24. The molecule has 0 N–H and O–H groups in total. The van der Waals surface area contributed by atoms with E-state index in [-0.39, 0.29) is 18.6 Å². The lowest BCUT2D eigenvalue weighted by Gasteiger charge is -2.32. The van der Waals surface area contributed by atoms with E-state index in [0.29, 0.717) is 18.9 Å². The van der Waals surface area contributed by atoms with Crippen LogP contribution in [-0.2, 0) is 20.9 Å². The lowest BCUT2D eigenvalue weighted by Crippen LogP contribution is -2.47. The molecule has 3 atom stereocenters. The summed E-state index contributed by atoms with van der Waals surface area (Å²) in [5.41, 5.74) is 0.883. The van der Waals surface area contributed by atoms with Crippen LogP contribution in [0.1, 0.15) is 51.0 Å². The van der Waals surface area contributed by atoms with Crippen molar-refractivity contribution in [2.75, 3.05) is 13.7 Å². The molecule has 1 heterocycles. The Balaban J connectivity index is 1.66. The van der Waals surface area contributed by atoms with Crippen LogP contribution in [0.3, 0.4) is 0 Å². The fraction of sp³-hybridized carbons (Fsp3) is 0.619. The van der Waals surface area contributed by atoms with Gasteiger partial charge in [0, 0.05) is 6.04 Å². The Kier molecular flexibility index (Phi) is 6.58. The molecular weight excluding hydrogens is 346 g/mol. The number of carbonyl (C=O) groups is 2. The topological polar surface area (TPSA) is 65.1 Å². The third-order valence-corrected chi connectivity index (χ3v) is 5.54. The van der Waals surface area contributed by atoms with Crippen LogP contribution in [0.25, 0.3) is 0 Å². The van der Waals surface area contributed by atoms with Crippen LogP contribution in [0.15, 0.2) is 24.3 Å². The first kappa shape index (κ1) is 19.5. The van der Waals surface area contributed by atoms with E-state index in [1.54, 1.807) is 12.0 Å². The van der Waals surface area contributed by atoms with E-state index in [2.05, 4.69) is 0 Å². The number of amides is 1. The molecule has 27 heavy (non-hydrogen) atoms. The second-order valence-electron chi connectivity index (χ2n) is 7.34. The highest BCUT2D eigenvalue weighted by molar-refractivity contribution is 5.82. The van der Waals surface area contributed by atoms with Gasteiger partial charge in [-0.05, 0) is 49.3 Å². The molecule has 1 aliphatic carbocycles. The van der Waals surface area contributed by atoms with Gasteiger partial charge in [0.2, 0.25) is 0 Å². The molecule has 1 saturated heterocycles. The molecule has 148 valence electrons. The van der Waals surface area contributed by atoms with Gasteiger partial charge in [0.1, 0.15) is 18.4 Å². The summed E-state index contributed by atoms with van der Waals surface area (Å²) in [6.45, 7) is 2.52. The van der Waals surface area contributed by atoms with Crippen LogP contribution < -0.4 is 4.74 Å². The second-order valence-corrected chi connectivity index (χ2v) is 7.34. The van der Waals surface area contributed by atoms with Crippen molar-refractivity contribution in [3.05, 3.63) is 29.8 Å². The van der Waals surface area contributed by atoms with Gasteiger partial charge >= 0.3 is 12.1 Å². The van der Waals surface area contributed by atoms with Crippen LogP contribution in [0, 0.1) is 5.92 Å². The van der Waals surface area contributed by atoms with Gasteiger partial charge in [0.15, 0.2) is 0 Å². The van der Waals surface area contributed by atoms with Crippen LogP contribution in [-0.4, -0.2) is 42.8 Å². The maximum atomic E-state index is 12.9. The smallest absolute Gasteiger partial charge is 0.411 e. The quantitative estimate of drug-likeness (QED) is 0.705. The van der Waals surface area contributed by atoms with Crippen LogP contribution in [0.4, 0.5) is 4.79 Å². The zero-order chi connectivity index (χ0) is 19.2. The van der Waals surface area contributed by atoms with Gasteiger partial charge in [-0.3, -0.25) is 4.90 Å². The number of methoxy groups -OCH3 is 1. The summed E-state index contributed by atoms with van der Waals surface area (Å²) < 4.78 is 16.0. The summed E-state index contributed by atoms with van der Waals surface area (Å²) in [7, 11) is 1.61. The Morgan fingerprint density at radius 1 is 1.11 bits per heavy atom. The minimum Gasteiger partial charge on any atom is -0.497 e. The van der Waals surface area contributed by atoms with Crippen LogP contribution in [0.5, 0.6) is 5.75 Å². The first-order chi connectivity index (χ1) is 13.1. The minimum absolute atomic E-state index is 0.0845. The highest BCUT2D eigenvalue weighted by Gasteiger charge is 2.48. The number of hydrogen-bond donors (Lipinski definition) is 0. The molecule has 3 unspecified atom stereocenters. The normalized spacial score (nSPS) is 24.2. The molecule has 1 aliphatic heterocycles. The zero-order valence-corrected chi connectivity index (χ0v) is 16.2. The minimum atomic E-state index is -0.520. The largest absolute Gasteiger partial charge is 0.497 e.